The zero-order valence-electron chi connectivity index (χ0n) is 9.18. The van der Waals surface area contributed by atoms with Gasteiger partial charge in [0.25, 0.3) is 0 Å². The van der Waals surface area contributed by atoms with Crippen LogP contribution in [0.15, 0.2) is 0 Å². The lowest BCUT2D eigenvalue weighted by Gasteiger charge is -2.11. The highest BCUT2D eigenvalue weighted by molar-refractivity contribution is 8.02. The Hall–Kier alpha value is -0.270. The molecule has 0 aromatic heterocycles. The molecule has 1 rings (SSSR count). The van der Waals surface area contributed by atoms with Crippen LogP contribution in [-0.4, -0.2) is 54.6 Å². The SMILES string of the molecule is C[C@H](CO)NC(=O)CSC1CCS(=O)(=O)C1. The topological polar surface area (TPSA) is 83.5 Å². The summed E-state index contributed by atoms with van der Waals surface area (Å²) in [6.45, 7) is 1.62. The molecule has 5 nitrogen and oxygen atoms in total. The minimum atomic E-state index is -2.86. The molecule has 1 fully saturated rings. The van der Waals surface area contributed by atoms with Gasteiger partial charge in [-0.3, -0.25) is 4.79 Å². The average molecular weight is 267 g/mol. The number of sulfone groups is 1. The molecular weight excluding hydrogens is 250 g/mol. The van der Waals surface area contributed by atoms with Crippen molar-refractivity contribution in [2.45, 2.75) is 24.6 Å². The number of hydrogen-bond donors (Lipinski definition) is 2. The molecule has 1 amide bonds. The van der Waals surface area contributed by atoms with Gasteiger partial charge in [0, 0.05) is 11.3 Å². The Labute approximate surface area is 99.9 Å². The molecule has 1 aliphatic rings. The maximum atomic E-state index is 11.3. The first kappa shape index (κ1) is 13.8. The molecule has 1 unspecified atom stereocenters. The lowest BCUT2D eigenvalue weighted by Crippen LogP contribution is -2.36. The molecule has 0 spiro atoms. The second-order valence-corrected chi connectivity index (χ2v) is 7.50. The van der Waals surface area contributed by atoms with Gasteiger partial charge >= 0.3 is 0 Å². The summed E-state index contributed by atoms with van der Waals surface area (Å²) in [7, 11) is -2.86. The van der Waals surface area contributed by atoms with Gasteiger partial charge in [0.15, 0.2) is 9.84 Å². The first-order valence-corrected chi connectivity index (χ1v) is 8.02. The fourth-order valence-electron chi connectivity index (χ4n) is 1.45. The summed E-state index contributed by atoms with van der Waals surface area (Å²) in [6.07, 6.45) is 0.635. The van der Waals surface area contributed by atoms with E-state index in [4.69, 9.17) is 5.11 Å². The number of thioether (sulfide) groups is 1. The molecule has 0 aromatic carbocycles. The van der Waals surface area contributed by atoms with Crippen molar-refractivity contribution in [3.8, 4) is 0 Å². The minimum absolute atomic E-state index is 0.0418. The van der Waals surface area contributed by atoms with Crippen LogP contribution in [0.5, 0.6) is 0 Å². The van der Waals surface area contributed by atoms with Crippen molar-refractivity contribution >= 4 is 27.5 Å². The maximum Gasteiger partial charge on any atom is 0.230 e. The van der Waals surface area contributed by atoms with Crippen molar-refractivity contribution in [2.75, 3.05) is 23.9 Å². The third-order valence-electron chi connectivity index (χ3n) is 2.32. The smallest absolute Gasteiger partial charge is 0.230 e. The molecule has 94 valence electrons. The zero-order chi connectivity index (χ0) is 12.2. The van der Waals surface area contributed by atoms with E-state index in [9.17, 15) is 13.2 Å². The van der Waals surface area contributed by atoms with Crippen LogP contribution in [0.4, 0.5) is 0 Å². The van der Waals surface area contributed by atoms with Crippen LogP contribution in [0.1, 0.15) is 13.3 Å². The summed E-state index contributed by atoms with van der Waals surface area (Å²) < 4.78 is 22.3. The van der Waals surface area contributed by atoms with Gasteiger partial charge in [0.2, 0.25) is 5.91 Å². The molecule has 0 aliphatic carbocycles. The van der Waals surface area contributed by atoms with Crippen molar-refractivity contribution < 1.29 is 18.3 Å². The van der Waals surface area contributed by atoms with Crippen LogP contribution in [0.2, 0.25) is 0 Å². The largest absolute Gasteiger partial charge is 0.394 e. The first-order valence-electron chi connectivity index (χ1n) is 5.15. The molecule has 7 heteroatoms. The number of carbonyl (C=O) groups excluding carboxylic acids is 1. The highest BCUT2D eigenvalue weighted by Gasteiger charge is 2.28. The van der Waals surface area contributed by atoms with Gasteiger partial charge in [0.05, 0.1) is 23.9 Å². The van der Waals surface area contributed by atoms with Crippen molar-refractivity contribution in [1.82, 2.24) is 5.32 Å². The highest BCUT2D eigenvalue weighted by atomic mass is 32.2. The number of rotatable bonds is 5. The molecule has 2 N–H and O–H groups in total. The monoisotopic (exact) mass is 267 g/mol. The Morgan fingerprint density at radius 3 is 2.81 bits per heavy atom. The third-order valence-corrected chi connectivity index (χ3v) is 5.60. The Kier molecular flexibility index (Phi) is 5.07. The summed E-state index contributed by atoms with van der Waals surface area (Å²) in [6, 6.07) is -0.250. The van der Waals surface area contributed by atoms with Crippen LogP contribution in [0.3, 0.4) is 0 Å². The predicted molar refractivity (Wildman–Crippen MR) is 64.2 cm³/mol. The van der Waals surface area contributed by atoms with Crippen LogP contribution in [-0.2, 0) is 14.6 Å². The summed E-state index contributed by atoms with van der Waals surface area (Å²) >= 11 is 1.37. The number of hydrogen-bond acceptors (Lipinski definition) is 5. The quantitative estimate of drug-likeness (QED) is 0.695. The van der Waals surface area contributed by atoms with E-state index in [0.717, 1.165) is 0 Å². The number of aliphatic hydroxyl groups excluding tert-OH is 1. The van der Waals surface area contributed by atoms with E-state index < -0.39 is 9.84 Å². The molecule has 1 saturated heterocycles. The summed E-state index contributed by atoms with van der Waals surface area (Å²) in [4.78, 5) is 11.3. The number of nitrogens with one attached hydrogen (secondary N) is 1. The average Bonchev–Trinajstić information content (AvgIpc) is 2.55. The van der Waals surface area contributed by atoms with E-state index in [-0.39, 0.29) is 41.1 Å². The predicted octanol–water partition coefficient (Wildman–Crippen LogP) is -0.596. The fraction of sp³-hybridized carbons (Fsp3) is 0.889. The van der Waals surface area contributed by atoms with Gasteiger partial charge in [0.1, 0.15) is 0 Å². The number of amides is 1. The second-order valence-electron chi connectivity index (χ2n) is 3.99. The van der Waals surface area contributed by atoms with E-state index in [0.29, 0.717) is 6.42 Å². The Morgan fingerprint density at radius 1 is 1.62 bits per heavy atom. The molecule has 2 atom stereocenters. The minimum Gasteiger partial charge on any atom is -0.394 e. The van der Waals surface area contributed by atoms with E-state index in [2.05, 4.69) is 5.32 Å². The Bertz CT molecular complexity index is 341. The first-order chi connectivity index (χ1) is 7.43. The normalized spacial score (nSPS) is 25.2. The van der Waals surface area contributed by atoms with E-state index >= 15 is 0 Å². The lowest BCUT2D eigenvalue weighted by molar-refractivity contribution is -0.119. The molecule has 0 bridgehead atoms. The van der Waals surface area contributed by atoms with Gasteiger partial charge < -0.3 is 10.4 Å². The standard InChI is InChI=1S/C9H17NO4S2/c1-7(4-11)10-9(12)5-15-8-2-3-16(13,14)6-8/h7-8,11H,2-6H2,1H3,(H,10,12)/t7-,8?/m1/s1. The van der Waals surface area contributed by atoms with E-state index in [1.54, 1.807) is 6.92 Å². The van der Waals surface area contributed by atoms with Crippen LogP contribution in [0.25, 0.3) is 0 Å². The van der Waals surface area contributed by atoms with Gasteiger partial charge in [-0.2, -0.15) is 0 Å². The lowest BCUT2D eigenvalue weighted by atomic mass is 10.4. The Balaban J connectivity index is 2.23. The Morgan fingerprint density at radius 2 is 2.31 bits per heavy atom. The summed E-state index contributed by atoms with van der Waals surface area (Å²) in [5, 5.41) is 11.4. The zero-order valence-corrected chi connectivity index (χ0v) is 10.8. The van der Waals surface area contributed by atoms with E-state index in [1.165, 1.54) is 11.8 Å². The number of carbonyl (C=O) groups is 1. The molecule has 0 aromatic rings. The number of aliphatic hydroxyl groups is 1. The summed E-state index contributed by atoms with van der Waals surface area (Å²) in [5.74, 6) is 0.514. The molecule has 0 saturated carbocycles. The van der Waals surface area contributed by atoms with Gasteiger partial charge in [-0.25, -0.2) is 8.42 Å². The molecular formula is C9H17NO4S2. The van der Waals surface area contributed by atoms with Crippen LogP contribution < -0.4 is 5.32 Å². The van der Waals surface area contributed by atoms with Gasteiger partial charge in [-0.05, 0) is 13.3 Å². The maximum absolute atomic E-state index is 11.3. The van der Waals surface area contributed by atoms with Gasteiger partial charge in [-0.15, -0.1) is 11.8 Å². The third kappa shape index (κ3) is 4.71. The fourth-order valence-corrected chi connectivity index (χ4v) is 4.90. The van der Waals surface area contributed by atoms with Crippen LogP contribution >= 0.6 is 11.8 Å². The van der Waals surface area contributed by atoms with E-state index in [1.807, 2.05) is 0 Å². The van der Waals surface area contributed by atoms with Crippen LogP contribution in [0, 0.1) is 0 Å². The summed E-state index contributed by atoms with van der Waals surface area (Å²) in [5.41, 5.74) is 0. The molecule has 1 aliphatic heterocycles. The van der Waals surface area contributed by atoms with Crippen molar-refractivity contribution in [1.29, 1.82) is 0 Å². The van der Waals surface area contributed by atoms with Gasteiger partial charge in [-0.1, -0.05) is 0 Å². The molecule has 16 heavy (non-hydrogen) atoms. The molecule has 0 radical (unpaired) electrons. The highest BCUT2D eigenvalue weighted by Crippen LogP contribution is 2.23. The van der Waals surface area contributed by atoms with Crippen molar-refractivity contribution in [3.63, 3.8) is 0 Å². The van der Waals surface area contributed by atoms with Crippen molar-refractivity contribution in [2.24, 2.45) is 0 Å². The second kappa shape index (κ2) is 5.88. The van der Waals surface area contributed by atoms with Crippen molar-refractivity contribution in [3.05, 3.63) is 0 Å². The molecule has 1 heterocycles.